The predicted molar refractivity (Wildman–Crippen MR) is 126 cm³/mol. The summed E-state index contributed by atoms with van der Waals surface area (Å²) in [6.07, 6.45) is 1.77. The quantitative estimate of drug-likeness (QED) is 0.619. The highest BCUT2D eigenvalue weighted by Gasteiger charge is 2.35. The average Bonchev–Trinajstić information content (AvgIpc) is 3.44. The zero-order valence-corrected chi connectivity index (χ0v) is 19.8. The Bertz CT molecular complexity index is 1150. The molecule has 2 unspecified atom stereocenters. The number of carbonyl (C=O) groups is 2. The van der Waals surface area contributed by atoms with Gasteiger partial charge in [0.15, 0.2) is 0 Å². The van der Waals surface area contributed by atoms with E-state index in [0.29, 0.717) is 23.0 Å². The standard InChI is InChI=1S/C23H26ClN3O5S/c1-15-4-7-18(12-21(15)24)27-14-16(11-22(27)28)23(29)26-17-5-8-20(9-6-17)33(30,31)25-13-19-3-2-10-32-19/h4-9,12,16,19,25H,2-3,10-11,13-14H2,1H3,(H,26,29). The Morgan fingerprint density at radius 2 is 1.97 bits per heavy atom. The van der Waals surface area contributed by atoms with Crippen LogP contribution < -0.4 is 14.9 Å². The van der Waals surface area contributed by atoms with Gasteiger partial charge in [0.05, 0.1) is 16.9 Å². The van der Waals surface area contributed by atoms with Crippen LogP contribution in [0.5, 0.6) is 0 Å². The Kier molecular flexibility index (Phi) is 7.04. The van der Waals surface area contributed by atoms with Gasteiger partial charge in [-0.15, -0.1) is 0 Å². The average molecular weight is 492 g/mol. The SMILES string of the molecule is Cc1ccc(N2CC(C(=O)Nc3ccc(S(=O)(=O)NCC4CCCO4)cc3)CC2=O)cc1Cl. The van der Waals surface area contributed by atoms with E-state index in [9.17, 15) is 18.0 Å². The minimum absolute atomic E-state index is 0.0942. The van der Waals surface area contributed by atoms with E-state index in [2.05, 4.69) is 10.0 Å². The van der Waals surface area contributed by atoms with Gasteiger partial charge in [0.2, 0.25) is 21.8 Å². The Morgan fingerprint density at radius 1 is 1.21 bits per heavy atom. The Labute approximate surface area is 198 Å². The van der Waals surface area contributed by atoms with E-state index in [-0.39, 0.29) is 42.3 Å². The predicted octanol–water partition coefficient (Wildman–Crippen LogP) is 3.10. The fraction of sp³-hybridized carbons (Fsp3) is 0.391. The van der Waals surface area contributed by atoms with Crippen LogP contribution in [0.4, 0.5) is 11.4 Å². The van der Waals surface area contributed by atoms with Gasteiger partial charge in [-0.25, -0.2) is 13.1 Å². The highest BCUT2D eigenvalue weighted by molar-refractivity contribution is 7.89. The van der Waals surface area contributed by atoms with Crippen LogP contribution in [0.1, 0.15) is 24.8 Å². The van der Waals surface area contributed by atoms with Crippen LogP contribution in [0.2, 0.25) is 5.02 Å². The third-order valence-electron chi connectivity index (χ3n) is 5.92. The summed E-state index contributed by atoms with van der Waals surface area (Å²) in [7, 11) is -3.67. The molecule has 0 bridgehead atoms. The molecule has 2 amide bonds. The molecule has 8 nitrogen and oxygen atoms in total. The molecule has 0 aromatic heterocycles. The van der Waals surface area contributed by atoms with Crippen molar-refractivity contribution in [2.75, 3.05) is 29.9 Å². The van der Waals surface area contributed by atoms with E-state index >= 15 is 0 Å². The summed E-state index contributed by atoms with van der Waals surface area (Å²) in [6, 6.07) is 11.3. The fourth-order valence-electron chi connectivity index (χ4n) is 3.94. The van der Waals surface area contributed by atoms with Crippen LogP contribution in [0.3, 0.4) is 0 Å². The molecule has 0 radical (unpaired) electrons. The molecular weight excluding hydrogens is 466 g/mol. The van der Waals surface area contributed by atoms with Gasteiger partial charge < -0.3 is 15.0 Å². The van der Waals surface area contributed by atoms with Crippen molar-refractivity contribution in [3.05, 3.63) is 53.1 Å². The highest BCUT2D eigenvalue weighted by Crippen LogP contribution is 2.29. The van der Waals surface area contributed by atoms with Gasteiger partial charge in [0.25, 0.3) is 0 Å². The topological polar surface area (TPSA) is 105 Å². The lowest BCUT2D eigenvalue weighted by atomic mass is 10.1. The van der Waals surface area contributed by atoms with Crippen LogP contribution in [-0.4, -0.2) is 46.0 Å². The van der Waals surface area contributed by atoms with Crippen molar-refractivity contribution in [1.82, 2.24) is 4.72 Å². The number of hydrogen-bond donors (Lipinski definition) is 2. The number of anilines is 2. The number of carbonyl (C=O) groups excluding carboxylic acids is 2. The Morgan fingerprint density at radius 3 is 2.64 bits per heavy atom. The lowest BCUT2D eigenvalue weighted by Crippen LogP contribution is -2.31. The molecule has 2 aliphatic rings. The van der Waals surface area contributed by atoms with Crippen LogP contribution in [0, 0.1) is 12.8 Å². The van der Waals surface area contributed by atoms with Crippen LogP contribution in [0.25, 0.3) is 0 Å². The number of rotatable bonds is 7. The van der Waals surface area contributed by atoms with Gasteiger partial charge >= 0.3 is 0 Å². The molecule has 2 fully saturated rings. The van der Waals surface area contributed by atoms with Crippen LogP contribution in [-0.2, 0) is 24.3 Å². The van der Waals surface area contributed by atoms with Crippen molar-refractivity contribution < 1.29 is 22.7 Å². The minimum atomic E-state index is -3.67. The summed E-state index contributed by atoms with van der Waals surface area (Å²) in [5, 5.41) is 3.34. The number of nitrogens with one attached hydrogen (secondary N) is 2. The summed E-state index contributed by atoms with van der Waals surface area (Å²) < 4.78 is 33.0. The molecule has 2 atom stereocenters. The molecule has 2 heterocycles. The van der Waals surface area contributed by atoms with Crippen molar-refractivity contribution in [2.24, 2.45) is 5.92 Å². The van der Waals surface area contributed by atoms with E-state index < -0.39 is 15.9 Å². The molecule has 2 saturated heterocycles. The van der Waals surface area contributed by atoms with Gasteiger partial charge in [0, 0.05) is 42.5 Å². The van der Waals surface area contributed by atoms with Gasteiger partial charge in [-0.1, -0.05) is 17.7 Å². The smallest absolute Gasteiger partial charge is 0.240 e. The maximum absolute atomic E-state index is 12.7. The molecule has 176 valence electrons. The normalized spacial score (nSPS) is 20.9. The lowest BCUT2D eigenvalue weighted by molar-refractivity contribution is -0.122. The summed E-state index contributed by atoms with van der Waals surface area (Å²) in [5.41, 5.74) is 2.03. The van der Waals surface area contributed by atoms with E-state index in [1.165, 1.54) is 24.3 Å². The lowest BCUT2D eigenvalue weighted by Gasteiger charge is -2.17. The third-order valence-corrected chi connectivity index (χ3v) is 7.77. The maximum atomic E-state index is 12.7. The third kappa shape index (κ3) is 5.55. The fourth-order valence-corrected chi connectivity index (χ4v) is 5.18. The first kappa shape index (κ1) is 23.7. The monoisotopic (exact) mass is 491 g/mol. The zero-order chi connectivity index (χ0) is 23.6. The van der Waals surface area contributed by atoms with Crippen LogP contribution in [0.15, 0.2) is 47.4 Å². The molecule has 2 aliphatic heterocycles. The number of amides is 2. The number of hydrogen-bond acceptors (Lipinski definition) is 5. The molecule has 0 spiro atoms. The first-order chi connectivity index (χ1) is 15.7. The Hall–Kier alpha value is -2.46. The summed E-state index contributed by atoms with van der Waals surface area (Å²) in [6.45, 7) is 3.03. The van der Waals surface area contributed by atoms with Crippen LogP contribution >= 0.6 is 11.6 Å². The van der Waals surface area contributed by atoms with Crippen molar-refractivity contribution >= 4 is 44.8 Å². The van der Waals surface area contributed by atoms with E-state index in [4.69, 9.17) is 16.3 Å². The molecule has 2 aromatic rings. The second-order valence-electron chi connectivity index (χ2n) is 8.34. The van der Waals surface area contributed by atoms with Crippen molar-refractivity contribution in [3.63, 3.8) is 0 Å². The molecule has 2 N–H and O–H groups in total. The molecule has 0 saturated carbocycles. The molecule has 10 heteroatoms. The largest absolute Gasteiger partial charge is 0.377 e. The van der Waals surface area contributed by atoms with Crippen molar-refractivity contribution in [3.8, 4) is 0 Å². The highest BCUT2D eigenvalue weighted by atomic mass is 35.5. The zero-order valence-electron chi connectivity index (χ0n) is 18.2. The van der Waals surface area contributed by atoms with Gasteiger partial charge in [0.1, 0.15) is 0 Å². The first-order valence-electron chi connectivity index (χ1n) is 10.8. The van der Waals surface area contributed by atoms with E-state index in [1.54, 1.807) is 11.0 Å². The number of nitrogens with zero attached hydrogens (tertiary/aromatic N) is 1. The summed E-state index contributed by atoms with van der Waals surface area (Å²) in [4.78, 5) is 26.9. The number of halogens is 1. The summed E-state index contributed by atoms with van der Waals surface area (Å²) in [5.74, 6) is -0.959. The van der Waals surface area contributed by atoms with Gasteiger partial charge in [-0.3, -0.25) is 9.59 Å². The van der Waals surface area contributed by atoms with Crippen molar-refractivity contribution in [1.29, 1.82) is 0 Å². The number of ether oxygens (including phenoxy) is 1. The van der Waals surface area contributed by atoms with Gasteiger partial charge in [-0.2, -0.15) is 0 Å². The second-order valence-corrected chi connectivity index (χ2v) is 10.5. The van der Waals surface area contributed by atoms with E-state index in [0.717, 1.165) is 18.4 Å². The van der Waals surface area contributed by atoms with Crippen molar-refractivity contribution in [2.45, 2.75) is 37.2 Å². The molecule has 2 aromatic carbocycles. The van der Waals surface area contributed by atoms with Gasteiger partial charge in [-0.05, 0) is 61.7 Å². The Balaban J connectivity index is 1.35. The second kappa shape index (κ2) is 9.80. The van der Waals surface area contributed by atoms with E-state index in [1.807, 2.05) is 19.1 Å². The molecule has 0 aliphatic carbocycles. The molecular formula is C23H26ClN3O5S. The number of benzene rings is 2. The number of sulfonamides is 1. The number of aryl methyl sites for hydroxylation is 1. The maximum Gasteiger partial charge on any atom is 0.240 e. The summed E-state index contributed by atoms with van der Waals surface area (Å²) >= 11 is 6.17. The molecule has 33 heavy (non-hydrogen) atoms. The first-order valence-corrected chi connectivity index (χ1v) is 12.7. The molecule has 4 rings (SSSR count). The minimum Gasteiger partial charge on any atom is -0.377 e.